The Labute approximate surface area is 193 Å². The fourth-order valence-electron chi connectivity index (χ4n) is 4.04. The minimum atomic E-state index is -2.69. The first-order valence-corrected chi connectivity index (χ1v) is 14.4. The highest BCUT2D eigenvalue weighted by molar-refractivity contribution is 7.80. The Kier molecular flexibility index (Phi) is 4.61. The number of fused-ring (bicyclic) bond motifs is 3. The molecule has 0 amide bonds. The molecule has 2 aromatic heterocycles. The van der Waals surface area contributed by atoms with Gasteiger partial charge in [-0.05, 0) is 74.2 Å². The number of hydrogen-bond acceptors (Lipinski definition) is 7. The highest BCUT2D eigenvalue weighted by atomic mass is 32.1. The summed E-state index contributed by atoms with van der Waals surface area (Å²) in [6, 6.07) is 4.06. The standard InChI is InChI=1S/C21H29B2O5PS2/c1-18(2)19(3,4)26-22(25-18)14-10-12-16(30-14)17-13(29(12,9)24)11-15(31-17)23-27-20(5,6)21(7,8)28-23/h10-11H,1-9H3. The molecule has 2 fully saturated rings. The summed E-state index contributed by atoms with van der Waals surface area (Å²) in [5.74, 6) is 0. The van der Waals surface area contributed by atoms with Gasteiger partial charge >= 0.3 is 14.2 Å². The monoisotopic (exact) mass is 478 g/mol. The molecular weight excluding hydrogens is 449 g/mol. The first kappa shape index (κ1) is 22.4. The van der Waals surface area contributed by atoms with Crippen molar-refractivity contribution in [3.05, 3.63) is 12.1 Å². The maximum Gasteiger partial charge on any atom is 0.505 e. The van der Waals surface area contributed by atoms with Crippen LogP contribution in [0.2, 0.25) is 0 Å². The molecule has 5 heterocycles. The van der Waals surface area contributed by atoms with E-state index in [1.807, 2.05) is 74.2 Å². The summed E-state index contributed by atoms with van der Waals surface area (Å²) >= 11 is 3.26. The zero-order chi connectivity index (χ0) is 22.8. The summed E-state index contributed by atoms with van der Waals surface area (Å²) in [5.41, 5.74) is -1.61. The fraction of sp³-hybridized carbons (Fsp3) is 0.619. The summed E-state index contributed by atoms with van der Waals surface area (Å²) in [6.07, 6.45) is 0. The molecule has 2 saturated heterocycles. The highest BCUT2D eigenvalue weighted by Crippen LogP contribution is 2.53. The zero-order valence-corrected chi connectivity index (χ0v) is 22.1. The van der Waals surface area contributed by atoms with Crippen LogP contribution in [0, 0.1) is 0 Å². The van der Waals surface area contributed by atoms with Crippen LogP contribution < -0.4 is 20.2 Å². The van der Waals surface area contributed by atoms with Crippen molar-refractivity contribution in [1.82, 2.24) is 0 Å². The number of thiophene rings is 2. The highest BCUT2D eigenvalue weighted by Gasteiger charge is 2.55. The van der Waals surface area contributed by atoms with Gasteiger partial charge in [-0.15, -0.1) is 22.7 Å². The third kappa shape index (κ3) is 3.08. The van der Waals surface area contributed by atoms with Crippen molar-refractivity contribution in [2.75, 3.05) is 6.66 Å². The third-order valence-electron chi connectivity index (χ3n) is 7.56. The van der Waals surface area contributed by atoms with Crippen LogP contribution in [0.1, 0.15) is 55.4 Å². The Morgan fingerprint density at radius 2 is 0.968 bits per heavy atom. The number of rotatable bonds is 2. The van der Waals surface area contributed by atoms with E-state index in [4.69, 9.17) is 18.6 Å². The molecule has 31 heavy (non-hydrogen) atoms. The Morgan fingerprint density at radius 3 is 1.26 bits per heavy atom. The Bertz CT molecular complexity index is 1020. The zero-order valence-electron chi connectivity index (χ0n) is 19.6. The summed E-state index contributed by atoms with van der Waals surface area (Å²) in [7, 11) is -3.57. The lowest BCUT2D eigenvalue weighted by molar-refractivity contribution is 0.00578. The lowest BCUT2D eigenvalue weighted by Crippen LogP contribution is -2.41. The number of hydrogen-bond donors (Lipinski definition) is 0. The van der Waals surface area contributed by atoms with Crippen LogP contribution in [0.5, 0.6) is 0 Å². The molecule has 0 saturated carbocycles. The molecule has 5 nitrogen and oxygen atoms in total. The SMILES string of the molecule is CC1(C)OB(c2cc3c(s2)-c2sc(B4OC(C)(C)C(C)(C)O4)cc2P3(C)=O)OC1(C)C. The molecule has 166 valence electrons. The van der Waals surface area contributed by atoms with E-state index in [1.165, 1.54) is 0 Å². The lowest BCUT2D eigenvalue weighted by atomic mass is 9.88. The van der Waals surface area contributed by atoms with Gasteiger partial charge in [0.2, 0.25) is 0 Å². The fourth-order valence-corrected chi connectivity index (χ4v) is 9.91. The molecule has 0 atom stereocenters. The first-order chi connectivity index (χ1) is 14.1. The maximum atomic E-state index is 13.9. The van der Waals surface area contributed by atoms with Crippen LogP contribution in [0.15, 0.2) is 12.1 Å². The third-order valence-corrected chi connectivity index (χ3v) is 12.9. The van der Waals surface area contributed by atoms with Gasteiger partial charge in [-0.25, -0.2) is 0 Å². The van der Waals surface area contributed by atoms with Gasteiger partial charge in [0.1, 0.15) is 7.14 Å². The molecule has 0 bridgehead atoms. The molecule has 0 aromatic carbocycles. The minimum absolute atomic E-state index is 0.403. The summed E-state index contributed by atoms with van der Waals surface area (Å²) in [5, 5.41) is 1.84. The average molecular weight is 478 g/mol. The summed E-state index contributed by atoms with van der Waals surface area (Å²) in [6.45, 7) is 18.3. The van der Waals surface area contributed by atoms with Crippen molar-refractivity contribution >= 4 is 64.2 Å². The second-order valence-corrected chi connectivity index (χ2v) is 15.8. The van der Waals surface area contributed by atoms with Crippen molar-refractivity contribution in [3.8, 4) is 9.75 Å². The van der Waals surface area contributed by atoms with E-state index in [-0.39, 0.29) is 0 Å². The van der Waals surface area contributed by atoms with Crippen LogP contribution in [-0.4, -0.2) is 43.3 Å². The van der Waals surface area contributed by atoms with E-state index in [2.05, 4.69) is 0 Å². The van der Waals surface area contributed by atoms with Gasteiger partial charge in [0, 0.05) is 20.2 Å². The van der Waals surface area contributed by atoms with Crippen LogP contribution in [0.25, 0.3) is 9.75 Å². The molecule has 0 unspecified atom stereocenters. The smallest absolute Gasteiger partial charge is 0.399 e. The van der Waals surface area contributed by atoms with E-state index in [1.54, 1.807) is 22.7 Å². The molecule has 0 spiro atoms. The minimum Gasteiger partial charge on any atom is -0.399 e. The van der Waals surface area contributed by atoms with E-state index in [0.29, 0.717) is 0 Å². The topological polar surface area (TPSA) is 54.0 Å². The summed E-state index contributed by atoms with van der Waals surface area (Å²) < 4.78 is 40.8. The Morgan fingerprint density at radius 1 is 0.677 bits per heavy atom. The van der Waals surface area contributed by atoms with Crippen LogP contribution in [0.4, 0.5) is 0 Å². The molecule has 0 aliphatic carbocycles. The molecule has 10 heteroatoms. The average Bonchev–Trinajstić information content (AvgIpc) is 3.33. The van der Waals surface area contributed by atoms with E-state index in [9.17, 15) is 4.57 Å². The second-order valence-electron chi connectivity index (χ2n) is 10.8. The molecule has 5 rings (SSSR count). The first-order valence-electron chi connectivity index (χ1n) is 10.6. The van der Waals surface area contributed by atoms with Crippen molar-refractivity contribution in [2.24, 2.45) is 0 Å². The van der Waals surface area contributed by atoms with Gasteiger partial charge in [-0.2, -0.15) is 0 Å². The largest absolute Gasteiger partial charge is 0.505 e. The van der Waals surface area contributed by atoms with Crippen LogP contribution >= 0.6 is 29.8 Å². The lowest BCUT2D eigenvalue weighted by Gasteiger charge is -2.32. The molecule has 0 radical (unpaired) electrons. The van der Waals surface area contributed by atoms with Crippen molar-refractivity contribution in [3.63, 3.8) is 0 Å². The van der Waals surface area contributed by atoms with Gasteiger partial charge < -0.3 is 23.2 Å². The molecule has 0 N–H and O–H groups in total. The molecule has 3 aliphatic heterocycles. The van der Waals surface area contributed by atoms with Crippen LogP contribution in [0.3, 0.4) is 0 Å². The summed E-state index contributed by atoms with van der Waals surface area (Å²) in [4.78, 5) is 2.14. The van der Waals surface area contributed by atoms with Crippen LogP contribution in [-0.2, 0) is 23.2 Å². The van der Waals surface area contributed by atoms with E-state index >= 15 is 0 Å². The Hall–Kier alpha value is -0.400. The van der Waals surface area contributed by atoms with Crippen molar-refractivity contribution in [2.45, 2.75) is 77.8 Å². The van der Waals surface area contributed by atoms with Gasteiger partial charge in [0.05, 0.1) is 32.2 Å². The maximum absolute atomic E-state index is 13.9. The predicted molar refractivity (Wildman–Crippen MR) is 132 cm³/mol. The van der Waals surface area contributed by atoms with Crippen molar-refractivity contribution in [1.29, 1.82) is 0 Å². The van der Waals surface area contributed by atoms with Crippen molar-refractivity contribution < 1.29 is 23.2 Å². The van der Waals surface area contributed by atoms with Gasteiger partial charge in [-0.3, -0.25) is 0 Å². The normalized spacial score (nSPS) is 26.4. The van der Waals surface area contributed by atoms with Gasteiger partial charge in [0.25, 0.3) is 0 Å². The second kappa shape index (κ2) is 6.38. The van der Waals surface area contributed by atoms with E-state index in [0.717, 1.165) is 29.9 Å². The quantitative estimate of drug-likeness (QED) is 0.490. The van der Waals surface area contributed by atoms with E-state index < -0.39 is 43.8 Å². The van der Waals surface area contributed by atoms with Gasteiger partial charge in [-0.1, -0.05) is 0 Å². The van der Waals surface area contributed by atoms with Gasteiger partial charge in [0.15, 0.2) is 0 Å². The molecule has 3 aliphatic rings. The molecular formula is C21H29B2O5PS2. The Balaban J connectivity index is 1.51. The molecule has 2 aromatic rings. The predicted octanol–water partition coefficient (Wildman–Crippen LogP) is 3.33.